The summed E-state index contributed by atoms with van der Waals surface area (Å²) < 4.78 is 0.999. The summed E-state index contributed by atoms with van der Waals surface area (Å²) in [6.07, 6.45) is 5.44. The van der Waals surface area contributed by atoms with Crippen LogP contribution in [0.1, 0.15) is 5.69 Å². The smallest absolute Gasteiger partial charge is 0.160 e. The van der Waals surface area contributed by atoms with E-state index in [1.807, 2.05) is 54.6 Å². The van der Waals surface area contributed by atoms with Gasteiger partial charge in [-0.2, -0.15) is 0 Å². The van der Waals surface area contributed by atoms with Crippen LogP contribution in [0.2, 0.25) is 0 Å². The molecule has 3 heteroatoms. The van der Waals surface area contributed by atoms with Gasteiger partial charge in [-0.25, -0.2) is 9.97 Å². The fourth-order valence-electron chi connectivity index (χ4n) is 2.42. The van der Waals surface area contributed by atoms with Crippen LogP contribution >= 0.6 is 15.9 Å². The molecule has 2 aromatic carbocycles. The normalized spacial score (nSPS) is 11.4. The van der Waals surface area contributed by atoms with Gasteiger partial charge >= 0.3 is 0 Å². The van der Waals surface area contributed by atoms with Crippen LogP contribution < -0.4 is 0 Å². The molecule has 0 atom stereocenters. The molecular formula is C20H15BrN2. The minimum absolute atomic E-state index is 0.691. The first-order chi connectivity index (χ1) is 11.2. The van der Waals surface area contributed by atoms with Gasteiger partial charge in [0.05, 0.1) is 11.2 Å². The molecule has 0 saturated carbocycles. The molecule has 0 bridgehead atoms. The molecule has 0 spiro atoms. The molecule has 0 aliphatic rings. The van der Waals surface area contributed by atoms with Crippen molar-refractivity contribution in [2.45, 2.75) is 0 Å². The van der Waals surface area contributed by atoms with Crippen LogP contribution in [0.5, 0.6) is 0 Å². The maximum absolute atomic E-state index is 4.78. The zero-order chi connectivity index (χ0) is 16.2. The molecule has 1 heterocycles. The van der Waals surface area contributed by atoms with Gasteiger partial charge in [-0.05, 0) is 18.2 Å². The van der Waals surface area contributed by atoms with Crippen LogP contribution in [0.15, 0.2) is 84.4 Å². The SMILES string of the molecule is C=C/C=C(\C=C)c1nc(-c2cccc(Br)c2)nc2ccccc12. The van der Waals surface area contributed by atoms with Crippen molar-refractivity contribution in [3.8, 4) is 11.4 Å². The number of allylic oxidation sites excluding steroid dienone is 4. The summed E-state index contributed by atoms with van der Waals surface area (Å²) in [7, 11) is 0. The van der Waals surface area contributed by atoms with E-state index in [1.54, 1.807) is 12.2 Å². The topological polar surface area (TPSA) is 25.8 Å². The van der Waals surface area contributed by atoms with Gasteiger partial charge in [-0.1, -0.05) is 77.6 Å². The molecule has 0 amide bonds. The molecule has 0 aliphatic carbocycles. The molecular weight excluding hydrogens is 348 g/mol. The number of halogens is 1. The van der Waals surface area contributed by atoms with Crippen molar-refractivity contribution in [1.29, 1.82) is 0 Å². The highest BCUT2D eigenvalue weighted by atomic mass is 79.9. The van der Waals surface area contributed by atoms with Gasteiger partial charge in [0.2, 0.25) is 0 Å². The monoisotopic (exact) mass is 362 g/mol. The van der Waals surface area contributed by atoms with Gasteiger partial charge in [-0.3, -0.25) is 0 Å². The quantitative estimate of drug-likeness (QED) is 0.546. The summed E-state index contributed by atoms with van der Waals surface area (Å²) >= 11 is 3.50. The number of para-hydroxylation sites is 1. The Bertz CT molecular complexity index is 926. The average molecular weight is 363 g/mol. The fourth-order valence-corrected chi connectivity index (χ4v) is 2.82. The van der Waals surface area contributed by atoms with Crippen LogP contribution in [0.3, 0.4) is 0 Å². The van der Waals surface area contributed by atoms with Gasteiger partial charge in [0, 0.05) is 21.0 Å². The Labute approximate surface area is 144 Å². The van der Waals surface area contributed by atoms with Gasteiger partial charge < -0.3 is 0 Å². The summed E-state index contributed by atoms with van der Waals surface area (Å²) in [6.45, 7) is 7.67. The third kappa shape index (κ3) is 3.15. The first-order valence-corrected chi connectivity index (χ1v) is 8.00. The molecule has 0 saturated heterocycles. The van der Waals surface area contributed by atoms with E-state index in [-0.39, 0.29) is 0 Å². The third-order valence-electron chi connectivity index (χ3n) is 3.48. The Morgan fingerprint density at radius 3 is 2.57 bits per heavy atom. The second-order valence-electron chi connectivity index (χ2n) is 4.99. The van der Waals surface area contributed by atoms with Crippen LogP contribution in [0.4, 0.5) is 0 Å². The molecule has 0 aliphatic heterocycles. The zero-order valence-electron chi connectivity index (χ0n) is 12.5. The second-order valence-corrected chi connectivity index (χ2v) is 5.90. The molecule has 0 unspecified atom stereocenters. The van der Waals surface area contributed by atoms with Crippen LogP contribution in [-0.2, 0) is 0 Å². The third-order valence-corrected chi connectivity index (χ3v) is 3.97. The molecule has 23 heavy (non-hydrogen) atoms. The average Bonchev–Trinajstić information content (AvgIpc) is 2.59. The van der Waals surface area contributed by atoms with Crippen molar-refractivity contribution in [1.82, 2.24) is 9.97 Å². The molecule has 1 aromatic heterocycles. The lowest BCUT2D eigenvalue weighted by Gasteiger charge is -2.09. The Balaban J connectivity index is 2.32. The molecule has 0 fully saturated rings. The fraction of sp³-hybridized carbons (Fsp3) is 0. The van der Waals surface area contributed by atoms with Crippen molar-refractivity contribution in [2.75, 3.05) is 0 Å². The summed E-state index contributed by atoms with van der Waals surface area (Å²) in [6, 6.07) is 16.0. The lowest BCUT2D eigenvalue weighted by molar-refractivity contribution is 1.20. The minimum Gasteiger partial charge on any atom is -0.228 e. The molecule has 3 aromatic rings. The summed E-state index contributed by atoms with van der Waals surface area (Å²) in [4.78, 5) is 9.49. The summed E-state index contributed by atoms with van der Waals surface area (Å²) in [5.74, 6) is 0.691. The number of benzene rings is 2. The van der Waals surface area contributed by atoms with E-state index in [0.717, 1.165) is 32.2 Å². The van der Waals surface area contributed by atoms with E-state index in [2.05, 4.69) is 29.1 Å². The molecule has 0 N–H and O–H groups in total. The standard InChI is InChI=1S/C20H15BrN2/c1-3-8-14(4-2)19-17-11-5-6-12-18(17)22-20(23-19)15-9-7-10-16(21)13-15/h3-13H,1-2H2/b14-8+. The van der Waals surface area contributed by atoms with Crippen molar-refractivity contribution in [3.05, 3.63) is 90.1 Å². The summed E-state index contributed by atoms with van der Waals surface area (Å²) in [5, 5.41) is 0.999. The maximum Gasteiger partial charge on any atom is 0.160 e. The Kier molecular flexibility index (Phi) is 4.49. The molecule has 3 rings (SSSR count). The lowest BCUT2D eigenvalue weighted by Crippen LogP contribution is -1.97. The van der Waals surface area contributed by atoms with E-state index in [9.17, 15) is 0 Å². The van der Waals surface area contributed by atoms with Gasteiger partial charge in [-0.15, -0.1) is 0 Å². The Hall–Kier alpha value is -2.52. The van der Waals surface area contributed by atoms with Crippen LogP contribution in [0, 0.1) is 0 Å². The first-order valence-electron chi connectivity index (χ1n) is 7.21. The van der Waals surface area contributed by atoms with Crippen molar-refractivity contribution >= 4 is 32.4 Å². The highest BCUT2D eigenvalue weighted by molar-refractivity contribution is 9.10. The number of nitrogens with zero attached hydrogens (tertiary/aromatic N) is 2. The minimum atomic E-state index is 0.691. The number of aromatic nitrogens is 2. The molecule has 2 nitrogen and oxygen atoms in total. The van der Waals surface area contributed by atoms with Crippen molar-refractivity contribution in [3.63, 3.8) is 0 Å². The number of fused-ring (bicyclic) bond motifs is 1. The molecule has 0 radical (unpaired) electrons. The van der Waals surface area contributed by atoms with E-state index in [1.165, 1.54) is 0 Å². The predicted molar refractivity (Wildman–Crippen MR) is 101 cm³/mol. The Morgan fingerprint density at radius 2 is 1.83 bits per heavy atom. The number of hydrogen-bond acceptors (Lipinski definition) is 2. The predicted octanol–water partition coefficient (Wildman–Crippen LogP) is 5.81. The zero-order valence-corrected chi connectivity index (χ0v) is 14.1. The van der Waals surface area contributed by atoms with Gasteiger partial charge in [0.25, 0.3) is 0 Å². The number of hydrogen-bond donors (Lipinski definition) is 0. The van der Waals surface area contributed by atoms with E-state index in [0.29, 0.717) is 5.82 Å². The highest BCUT2D eigenvalue weighted by Gasteiger charge is 2.11. The number of rotatable bonds is 4. The largest absolute Gasteiger partial charge is 0.228 e. The van der Waals surface area contributed by atoms with Gasteiger partial charge in [0.15, 0.2) is 5.82 Å². The summed E-state index contributed by atoms with van der Waals surface area (Å²) in [5.41, 5.74) is 3.66. The van der Waals surface area contributed by atoms with E-state index >= 15 is 0 Å². The Morgan fingerprint density at radius 1 is 1.00 bits per heavy atom. The van der Waals surface area contributed by atoms with Crippen molar-refractivity contribution in [2.24, 2.45) is 0 Å². The lowest BCUT2D eigenvalue weighted by atomic mass is 10.1. The van der Waals surface area contributed by atoms with Crippen LogP contribution in [0.25, 0.3) is 27.9 Å². The first kappa shape index (κ1) is 15.4. The molecule has 112 valence electrons. The highest BCUT2D eigenvalue weighted by Crippen LogP contribution is 2.27. The van der Waals surface area contributed by atoms with E-state index < -0.39 is 0 Å². The van der Waals surface area contributed by atoms with Crippen molar-refractivity contribution < 1.29 is 0 Å². The second kappa shape index (κ2) is 6.71. The maximum atomic E-state index is 4.78. The van der Waals surface area contributed by atoms with Gasteiger partial charge in [0.1, 0.15) is 0 Å². The van der Waals surface area contributed by atoms with E-state index in [4.69, 9.17) is 9.97 Å². The van der Waals surface area contributed by atoms with Crippen LogP contribution in [-0.4, -0.2) is 9.97 Å².